The van der Waals surface area contributed by atoms with E-state index >= 15 is 0 Å². The molecule has 1 fully saturated rings. The number of thioether (sulfide) groups is 1. The maximum Gasteiger partial charge on any atom is 0.169 e. The van der Waals surface area contributed by atoms with E-state index in [9.17, 15) is 4.39 Å². The fourth-order valence-corrected chi connectivity index (χ4v) is 5.29. The van der Waals surface area contributed by atoms with Gasteiger partial charge in [-0.3, -0.25) is 9.88 Å². The Bertz CT molecular complexity index is 1180. The van der Waals surface area contributed by atoms with E-state index in [1.807, 2.05) is 24.3 Å². The zero-order valence-corrected chi connectivity index (χ0v) is 19.5. The van der Waals surface area contributed by atoms with Crippen molar-refractivity contribution >= 4 is 11.8 Å². The molecule has 33 heavy (non-hydrogen) atoms. The predicted molar refractivity (Wildman–Crippen MR) is 133 cm³/mol. The van der Waals surface area contributed by atoms with Gasteiger partial charge in [0.25, 0.3) is 0 Å². The third kappa shape index (κ3) is 4.72. The van der Waals surface area contributed by atoms with Gasteiger partial charge in [-0.25, -0.2) is 9.37 Å². The van der Waals surface area contributed by atoms with Crippen LogP contribution < -0.4 is 0 Å². The number of rotatable bonds is 6. The van der Waals surface area contributed by atoms with Gasteiger partial charge in [0.1, 0.15) is 5.82 Å². The molecule has 4 nitrogen and oxygen atoms in total. The van der Waals surface area contributed by atoms with Gasteiger partial charge in [-0.2, -0.15) is 0 Å². The summed E-state index contributed by atoms with van der Waals surface area (Å²) in [6.45, 7) is 3.07. The Morgan fingerprint density at radius 2 is 1.61 bits per heavy atom. The molecule has 1 aliphatic rings. The Morgan fingerprint density at radius 1 is 0.909 bits per heavy atom. The Balaban J connectivity index is 1.49. The van der Waals surface area contributed by atoms with Gasteiger partial charge in [0, 0.05) is 49.2 Å². The number of nitrogens with zero attached hydrogens (tertiary/aromatic N) is 4. The minimum absolute atomic E-state index is 0.227. The molecule has 0 amide bonds. The lowest BCUT2D eigenvalue weighted by Gasteiger charge is -2.34. The normalized spacial score (nSPS) is 15.1. The SMILES string of the molecule is CSc1nc(-c2ccncc2)c(-c2ccc(F)cc2)n1C1CCN(Cc2ccccc2)CC1. The monoisotopic (exact) mass is 458 g/mol. The summed E-state index contributed by atoms with van der Waals surface area (Å²) in [6, 6.07) is 21.8. The molecule has 4 aromatic rings. The first-order valence-electron chi connectivity index (χ1n) is 11.3. The zero-order chi connectivity index (χ0) is 22.6. The number of hydrogen-bond acceptors (Lipinski definition) is 4. The van der Waals surface area contributed by atoms with Crippen LogP contribution in [0, 0.1) is 5.82 Å². The van der Waals surface area contributed by atoms with Gasteiger partial charge in [0.15, 0.2) is 5.16 Å². The first-order valence-corrected chi connectivity index (χ1v) is 12.5. The summed E-state index contributed by atoms with van der Waals surface area (Å²) >= 11 is 1.67. The van der Waals surface area contributed by atoms with E-state index in [4.69, 9.17) is 4.98 Å². The molecule has 2 aromatic carbocycles. The van der Waals surface area contributed by atoms with Gasteiger partial charge in [0.2, 0.25) is 0 Å². The van der Waals surface area contributed by atoms with Crippen LogP contribution >= 0.6 is 11.8 Å². The molecule has 0 spiro atoms. The van der Waals surface area contributed by atoms with Crippen LogP contribution in [0.25, 0.3) is 22.5 Å². The number of piperidine rings is 1. The lowest BCUT2D eigenvalue weighted by atomic mass is 10.0. The van der Waals surface area contributed by atoms with Crippen LogP contribution in [0.5, 0.6) is 0 Å². The molecule has 6 heteroatoms. The first kappa shape index (κ1) is 21.9. The van der Waals surface area contributed by atoms with Crippen molar-refractivity contribution in [3.8, 4) is 22.5 Å². The minimum atomic E-state index is -0.227. The second-order valence-corrected chi connectivity index (χ2v) is 9.17. The highest BCUT2D eigenvalue weighted by Gasteiger charge is 2.28. The fourth-order valence-electron chi connectivity index (χ4n) is 4.67. The molecule has 0 N–H and O–H groups in total. The van der Waals surface area contributed by atoms with Crippen LogP contribution in [-0.4, -0.2) is 38.8 Å². The van der Waals surface area contributed by atoms with Gasteiger partial charge >= 0.3 is 0 Å². The molecular formula is C27H27FN4S. The van der Waals surface area contributed by atoms with Crippen LogP contribution in [0.2, 0.25) is 0 Å². The van der Waals surface area contributed by atoms with Gasteiger partial charge in [0.05, 0.1) is 11.4 Å². The molecule has 1 aliphatic heterocycles. The van der Waals surface area contributed by atoms with Gasteiger partial charge in [-0.05, 0) is 61.1 Å². The van der Waals surface area contributed by atoms with Crippen LogP contribution in [-0.2, 0) is 6.54 Å². The van der Waals surface area contributed by atoms with Crippen molar-refractivity contribution < 1.29 is 4.39 Å². The highest BCUT2D eigenvalue weighted by Crippen LogP contribution is 2.40. The number of halogens is 1. The Hall–Kier alpha value is -2.96. The summed E-state index contributed by atoms with van der Waals surface area (Å²) in [5.74, 6) is -0.227. The lowest BCUT2D eigenvalue weighted by molar-refractivity contribution is 0.176. The van der Waals surface area contributed by atoms with Crippen LogP contribution in [0.3, 0.4) is 0 Å². The van der Waals surface area contributed by atoms with E-state index in [1.165, 1.54) is 17.7 Å². The third-order valence-corrected chi connectivity index (χ3v) is 6.96. The number of pyridine rings is 1. The van der Waals surface area contributed by atoms with Crippen LogP contribution in [0.15, 0.2) is 84.3 Å². The highest BCUT2D eigenvalue weighted by atomic mass is 32.2. The maximum absolute atomic E-state index is 13.7. The topological polar surface area (TPSA) is 34.0 Å². The summed E-state index contributed by atoms with van der Waals surface area (Å²) in [4.78, 5) is 11.8. The Morgan fingerprint density at radius 3 is 2.27 bits per heavy atom. The van der Waals surface area contributed by atoms with Crippen molar-refractivity contribution in [1.82, 2.24) is 19.4 Å². The van der Waals surface area contributed by atoms with E-state index in [0.717, 1.165) is 60.1 Å². The summed E-state index contributed by atoms with van der Waals surface area (Å²) in [7, 11) is 0. The molecule has 3 heterocycles. The van der Waals surface area contributed by atoms with E-state index in [1.54, 1.807) is 24.2 Å². The van der Waals surface area contributed by atoms with Crippen molar-refractivity contribution in [2.24, 2.45) is 0 Å². The average Bonchev–Trinajstić information content (AvgIpc) is 3.26. The fraction of sp³-hybridized carbons (Fsp3) is 0.259. The van der Waals surface area contributed by atoms with E-state index in [-0.39, 0.29) is 5.82 Å². The van der Waals surface area contributed by atoms with Crippen molar-refractivity contribution in [2.75, 3.05) is 19.3 Å². The molecule has 0 atom stereocenters. The molecule has 0 bridgehead atoms. The summed E-state index contributed by atoms with van der Waals surface area (Å²) < 4.78 is 16.1. The molecule has 0 radical (unpaired) electrons. The summed E-state index contributed by atoms with van der Waals surface area (Å²) in [5.41, 5.74) is 5.37. The number of benzene rings is 2. The predicted octanol–water partition coefficient (Wildman–Crippen LogP) is 6.31. The number of aromatic nitrogens is 3. The molecule has 0 unspecified atom stereocenters. The van der Waals surface area contributed by atoms with Gasteiger partial charge in [-0.15, -0.1) is 0 Å². The summed E-state index contributed by atoms with van der Waals surface area (Å²) in [6.07, 6.45) is 7.78. The molecule has 1 saturated heterocycles. The van der Waals surface area contributed by atoms with Gasteiger partial charge < -0.3 is 4.57 Å². The van der Waals surface area contributed by atoms with Crippen molar-refractivity contribution in [3.05, 3.63) is 90.5 Å². The minimum Gasteiger partial charge on any atom is -0.315 e. The summed E-state index contributed by atoms with van der Waals surface area (Å²) in [5, 5.41) is 1.00. The highest BCUT2D eigenvalue weighted by molar-refractivity contribution is 7.98. The number of hydrogen-bond donors (Lipinski definition) is 0. The lowest BCUT2D eigenvalue weighted by Crippen LogP contribution is -2.34. The molecule has 0 saturated carbocycles. The van der Waals surface area contributed by atoms with Crippen molar-refractivity contribution in [3.63, 3.8) is 0 Å². The van der Waals surface area contributed by atoms with E-state index in [2.05, 4.69) is 51.0 Å². The molecule has 168 valence electrons. The molecule has 5 rings (SSSR count). The molecular weight excluding hydrogens is 431 g/mol. The van der Waals surface area contributed by atoms with Crippen molar-refractivity contribution in [1.29, 1.82) is 0 Å². The maximum atomic E-state index is 13.7. The molecule has 2 aromatic heterocycles. The van der Waals surface area contributed by atoms with Crippen molar-refractivity contribution in [2.45, 2.75) is 30.6 Å². The van der Waals surface area contributed by atoms with Crippen LogP contribution in [0.4, 0.5) is 4.39 Å². The van der Waals surface area contributed by atoms with Crippen LogP contribution in [0.1, 0.15) is 24.4 Å². The number of imidazole rings is 1. The van der Waals surface area contributed by atoms with E-state index < -0.39 is 0 Å². The first-order chi connectivity index (χ1) is 16.2. The quantitative estimate of drug-likeness (QED) is 0.317. The zero-order valence-electron chi connectivity index (χ0n) is 18.7. The smallest absolute Gasteiger partial charge is 0.169 e. The standard InChI is InChI=1S/C27H27FN4S/c1-33-27-30-25(21-11-15-29-16-12-21)26(22-7-9-23(28)10-8-22)32(27)24-13-17-31(18-14-24)19-20-5-3-2-4-6-20/h2-12,15-16,24H,13-14,17-19H2,1H3. The Labute approximate surface area is 198 Å². The Kier molecular flexibility index (Phi) is 6.55. The van der Waals surface area contributed by atoms with E-state index in [0.29, 0.717) is 6.04 Å². The third-order valence-electron chi connectivity index (χ3n) is 6.30. The second-order valence-electron chi connectivity index (χ2n) is 8.40. The van der Waals surface area contributed by atoms with Gasteiger partial charge in [-0.1, -0.05) is 42.1 Å². The average molecular weight is 459 g/mol. The largest absolute Gasteiger partial charge is 0.315 e. The second kappa shape index (κ2) is 9.89. The molecule has 0 aliphatic carbocycles. The number of likely N-dealkylation sites (tertiary alicyclic amines) is 1.